The van der Waals surface area contributed by atoms with E-state index in [1.165, 1.54) is 7.11 Å². The Morgan fingerprint density at radius 3 is 2.40 bits per heavy atom. The molecule has 2 aromatic carbocycles. The average Bonchev–Trinajstić information content (AvgIpc) is 3.30. The molecule has 0 saturated heterocycles. The number of esters is 1. The molecule has 1 amide bonds. The molecule has 0 atom stereocenters. The zero-order valence-electron chi connectivity index (χ0n) is 11.2. The number of anilines is 1. The van der Waals surface area contributed by atoms with E-state index < -0.39 is 5.97 Å². The number of carbonyl (C=O) groups excluding carboxylic acids is 2. The first-order chi connectivity index (χ1) is 9.69. The molecular weight excluding hydrogens is 254 g/mol. The molecule has 4 heteroatoms. The SMILES string of the molecule is COC(=O)c1cc2ccccc2cc1NC(=O)C1CC1. The third-order valence-corrected chi connectivity index (χ3v) is 3.50. The number of ether oxygens (including phenoxy) is 1. The first-order valence-corrected chi connectivity index (χ1v) is 6.61. The maximum Gasteiger partial charge on any atom is 0.339 e. The largest absolute Gasteiger partial charge is 0.465 e. The summed E-state index contributed by atoms with van der Waals surface area (Å²) < 4.78 is 4.79. The van der Waals surface area contributed by atoms with Crippen LogP contribution in [0.25, 0.3) is 10.8 Å². The molecule has 0 spiro atoms. The van der Waals surface area contributed by atoms with Crippen LogP contribution < -0.4 is 5.32 Å². The fraction of sp³-hybridized carbons (Fsp3) is 0.250. The van der Waals surface area contributed by atoms with Crippen molar-refractivity contribution < 1.29 is 14.3 Å². The van der Waals surface area contributed by atoms with Gasteiger partial charge in [-0.05, 0) is 35.7 Å². The Kier molecular flexibility index (Phi) is 3.14. The lowest BCUT2D eigenvalue weighted by molar-refractivity contribution is -0.117. The molecule has 1 N–H and O–H groups in total. The van der Waals surface area contributed by atoms with Gasteiger partial charge in [0.05, 0.1) is 18.4 Å². The van der Waals surface area contributed by atoms with Crippen LogP contribution in [0, 0.1) is 5.92 Å². The maximum atomic E-state index is 11.9. The van der Waals surface area contributed by atoms with Gasteiger partial charge in [0.15, 0.2) is 0 Å². The highest BCUT2D eigenvalue weighted by atomic mass is 16.5. The van der Waals surface area contributed by atoms with Gasteiger partial charge in [0, 0.05) is 5.92 Å². The Hall–Kier alpha value is -2.36. The lowest BCUT2D eigenvalue weighted by atomic mass is 10.0. The van der Waals surface area contributed by atoms with Gasteiger partial charge in [-0.25, -0.2) is 4.79 Å². The molecular formula is C16H15NO3. The van der Waals surface area contributed by atoms with Crippen LogP contribution in [0.2, 0.25) is 0 Å². The lowest BCUT2D eigenvalue weighted by Crippen LogP contribution is -2.16. The second-order valence-electron chi connectivity index (χ2n) is 5.00. The fourth-order valence-electron chi connectivity index (χ4n) is 2.20. The summed E-state index contributed by atoms with van der Waals surface area (Å²) >= 11 is 0. The number of benzene rings is 2. The third-order valence-electron chi connectivity index (χ3n) is 3.50. The molecule has 0 heterocycles. The quantitative estimate of drug-likeness (QED) is 0.871. The monoisotopic (exact) mass is 269 g/mol. The van der Waals surface area contributed by atoms with E-state index in [2.05, 4.69) is 5.32 Å². The highest BCUT2D eigenvalue weighted by molar-refractivity contribution is 6.06. The van der Waals surface area contributed by atoms with Crippen molar-refractivity contribution in [3.8, 4) is 0 Å². The van der Waals surface area contributed by atoms with Gasteiger partial charge in [-0.2, -0.15) is 0 Å². The number of nitrogens with one attached hydrogen (secondary N) is 1. The molecule has 0 unspecified atom stereocenters. The minimum Gasteiger partial charge on any atom is -0.465 e. The third kappa shape index (κ3) is 2.37. The minimum absolute atomic E-state index is 0.0227. The van der Waals surface area contributed by atoms with Crippen LogP contribution in [-0.2, 0) is 9.53 Å². The number of fused-ring (bicyclic) bond motifs is 1. The standard InChI is InChI=1S/C16H15NO3/c1-20-16(19)13-8-11-4-2-3-5-12(11)9-14(13)17-15(18)10-6-7-10/h2-5,8-10H,6-7H2,1H3,(H,17,18). The van der Waals surface area contributed by atoms with Crippen LogP contribution >= 0.6 is 0 Å². The van der Waals surface area contributed by atoms with Crippen LogP contribution in [-0.4, -0.2) is 19.0 Å². The summed E-state index contributed by atoms with van der Waals surface area (Å²) in [5.74, 6) is -0.376. The first kappa shape index (κ1) is 12.7. The molecule has 1 aliphatic rings. The summed E-state index contributed by atoms with van der Waals surface area (Å²) in [6, 6.07) is 11.3. The first-order valence-electron chi connectivity index (χ1n) is 6.61. The van der Waals surface area contributed by atoms with E-state index in [9.17, 15) is 9.59 Å². The Labute approximate surface area is 116 Å². The minimum atomic E-state index is -0.443. The van der Waals surface area contributed by atoms with Crippen molar-refractivity contribution in [3.05, 3.63) is 42.0 Å². The molecule has 3 rings (SSSR count). The van der Waals surface area contributed by atoms with Gasteiger partial charge < -0.3 is 10.1 Å². The molecule has 4 nitrogen and oxygen atoms in total. The summed E-state index contributed by atoms with van der Waals surface area (Å²) in [5, 5.41) is 4.76. The Bertz CT molecular complexity index is 689. The summed E-state index contributed by atoms with van der Waals surface area (Å²) in [6.07, 6.45) is 1.85. The molecule has 0 radical (unpaired) electrons. The number of rotatable bonds is 3. The van der Waals surface area contributed by atoms with Crippen molar-refractivity contribution in [2.24, 2.45) is 5.92 Å². The molecule has 1 saturated carbocycles. The molecule has 1 fully saturated rings. The second-order valence-corrected chi connectivity index (χ2v) is 5.00. The number of hydrogen-bond acceptors (Lipinski definition) is 3. The molecule has 0 aliphatic heterocycles. The van der Waals surface area contributed by atoms with E-state index in [1.807, 2.05) is 30.3 Å². The van der Waals surface area contributed by atoms with Crippen LogP contribution in [0.5, 0.6) is 0 Å². The normalized spacial score (nSPS) is 14.1. The van der Waals surface area contributed by atoms with Crippen LogP contribution in [0.3, 0.4) is 0 Å². The Balaban J connectivity index is 2.05. The maximum absolute atomic E-state index is 11.9. The summed E-state index contributed by atoms with van der Waals surface area (Å²) in [5.41, 5.74) is 0.910. The van der Waals surface area contributed by atoms with Gasteiger partial charge in [-0.3, -0.25) is 4.79 Å². The Morgan fingerprint density at radius 2 is 1.80 bits per heavy atom. The van der Waals surface area contributed by atoms with E-state index in [-0.39, 0.29) is 11.8 Å². The van der Waals surface area contributed by atoms with E-state index in [0.29, 0.717) is 11.3 Å². The van der Waals surface area contributed by atoms with E-state index in [0.717, 1.165) is 23.6 Å². The van der Waals surface area contributed by atoms with Gasteiger partial charge in [0.2, 0.25) is 5.91 Å². The van der Waals surface area contributed by atoms with Gasteiger partial charge in [-0.1, -0.05) is 24.3 Å². The Morgan fingerprint density at radius 1 is 1.15 bits per heavy atom. The van der Waals surface area contributed by atoms with Crippen molar-refractivity contribution in [3.63, 3.8) is 0 Å². The zero-order chi connectivity index (χ0) is 14.1. The molecule has 20 heavy (non-hydrogen) atoms. The predicted molar refractivity (Wildman–Crippen MR) is 76.6 cm³/mol. The van der Waals surface area contributed by atoms with Gasteiger partial charge >= 0.3 is 5.97 Å². The van der Waals surface area contributed by atoms with Crippen molar-refractivity contribution in [1.29, 1.82) is 0 Å². The summed E-state index contributed by atoms with van der Waals surface area (Å²) in [6.45, 7) is 0. The molecule has 0 aromatic heterocycles. The summed E-state index contributed by atoms with van der Waals surface area (Å²) in [4.78, 5) is 23.8. The number of methoxy groups -OCH3 is 1. The van der Waals surface area contributed by atoms with E-state index in [4.69, 9.17) is 4.74 Å². The van der Waals surface area contributed by atoms with E-state index in [1.54, 1.807) is 6.07 Å². The van der Waals surface area contributed by atoms with Gasteiger partial charge in [-0.15, -0.1) is 0 Å². The van der Waals surface area contributed by atoms with Crippen molar-refractivity contribution in [2.75, 3.05) is 12.4 Å². The highest BCUT2D eigenvalue weighted by Crippen LogP contribution is 2.32. The predicted octanol–water partition coefficient (Wildman–Crippen LogP) is 2.97. The smallest absolute Gasteiger partial charge is 0.339 e. The zero-order valence-corrected chi connectivity index (χ0v) is 11.2. The van der Waals surface area contributed by atoms with Crippen LogP contribution in [0.15, 0.2) is 36.4 Å². The topological polar surface area (TPSA) is 55.4 Å². The molecule has 1 aliphatic carbocycles. The van der Waals surface area contributed by atoms with Crippen molar-refractivity contribution in [1.82, 2.24) is 0 Å². The molecule has 0 bridgehead atoms. The molecule has 2 aromatic rings. The second kappa shape index (κ2) is 4.96. The van der Waals surface area contributed by atoms with E-state index >= 15 is 0 Å². The van der Waals surface area contributed by atoms with Crippen LogP contribution in [0.1, 0.15) is 23.2 Å². The number of hydrogen-bond donors (Lipinski definition) is 1. The number of amides is 1. The fourth-order valence-corrected chi connectivity index (χ4v) is 2.20. The summed E-state index contributed by atoms with van der Waals surface area (Å²) in [7, 11) is 1.34. The van der Waals surface area contributed by atoms with Gasteiger partial charge in [0.1, 0.15) is 0 Å². The van der Waals surface area contributed by atoms with Crippen molar-refractivity contribution in [2.45, 2.75) is 12.8 Å². The van der Waals surface area contributed by atoms with Crippen LogP contribution in [0.4, 0.5) is 5.69 Å². The van der Waals surface area contributed by atoms with Crippen molar-refractivity contribution >= 4 is 28.3 Å². The number of carbonyl (C=O) groups is 2. The lowest BCUT2D eigenvalue weighted by Gasteiger charge is -2.11. The molecule has 102 valence electrons. The average molecular weight is 269 g/mol. The highest BCUT2D eigenvalue weighted by Gasteiger charge is 2.30. The van der Waals surface area contributed by atoms with Gasteiger partial charge in [0.25, 0.3) is 0 Å².